The van der Waals surface area contributed by atoms with E-state index in [9.17, 15) is 4.79 Å². The van der Waals surface area contributed by atoms with Gasteiger partial charge in [-0.1, -0.05) is 11.6 Å². The number of nitrogens with zero attached hydrogens (tertiary/aromatic N) is 1. The van der Waals surface area contributed by atoms with Crippen LogP contribution in [-0.4, -0.2) is 50.7 Å². The van der Waals surface area contributed by atoms with Crippen LogP contribution in [0.25, 0.3) is 0 Å². The Labute approximate surface area is 154 Å². The summed E-state index contributed by atoms with van der Waals surface area (Å²) >= 11 is 6.28. The molecule has 0 bridgehead atoms. The Kier molecular flexibility index (Phi) is 8.62. The maximum atomic E-state index is 10.9. The monoisotopic (exact) mass is 377 g/mol. The van der Waals surface area contributed by atoms with Gasteiger partial charge in [-0.05, 0) is 44.1 Å². The number of benzene rings is 1. The van der Waals surface area contributed by atoms with Crippen molar-refractivity contribution in [1.29, 1.82) is 0 Å². The SMILES string of the molecule is CNC1CCCN(Cc2cc(Cl)c(OCC(N)=O)c(OC)c2)C1.Cl. The average molecular weight is 378 g/mol. The second kappa shape index (κ2) is 9.93. The number of likely N-dealkylation sites (tertiary alicyclic amines) is 1. The first-order valence-electron chi connectivity index (χ1n) is 7.70. The molecule has 24 heavy (non-hydrogen) atoms. The molecule has 8 heteroatoms. The third kappa shape index (κ3) is 5.70. The van der Waals surface area contributed by atoms with Crippen LogP contribution >= 0.6 is 24.0 Å². The summed E-state index contributed by atoms with van der Waals surface area (Å²) in [7, 11) is 3.55. The summed E-state index contributed by atoms with van der Waals surface area (Å²) in [6.07, 6.45) is 2.38. The molecule has 1 fully saturated rings. The molecule has 3 N–H and O–H groups in total. The largest absolute Gasteiger partial charge is 0.493 e. The van der Waals surface area contributed by atoms with Crippen LogP contribution in [0.5, 0.6) is 11.5 Å². The van der Waals surface area contributed by atoms with Crippen molar-refractivity contribution in [2.45, 2.75) is 25.4 Å². The zero-order valence-electron chi connectivity index (χ0n) is 14.0. The van der Waals surface area contributed by atoms with Gasteiger partial charge in [-0.2, -0.15) is 0 Å². The molecule has 1 atom stereocenters. The Balaban J connectivity index is 0.00000288. The summed E-state index contributed by atoms with van der Waals surface area (Å²) in [5, 5.41) is 3.75. The lowest BCUT2D eigenvalue weighted by Crippen LogP contribution is -2.43. The van der Waals surface area contributed by atoms with Gasteiger partial charge in [0.2, 0.25) is 0 Å². The summed E-state index contributed by atoms with van der Waals surface area (Å²) < 4.78 is 10.7. The molecule has 0 aromatic heterocycles. The minimum Gasteiger partial charge on any atom is -0.493 e. The number of carbonyl (C=O) groups excluding carboxylic acids is 1. The summed E-state index contributed by atoms with van der Waals surface area (Å²) in [5.41, 5.74) is 6.15. The van der Waals surface area contributed by atoms with Crippen LogP contribution in [0.4, 0.5) is 0 Å². The average Bonchev–Trinajstić information content (AvgIpc) is 2.53. The summed E-state index contributed by atoms with van der Waals surface area (Å²) in [5.74, 6) is 0.304. The van der Waals surface area contributed by atoms with Gasteiger partial charge in [0.25, 0.3) is 5.91 Å². The molecule has 2 rings (SSSR count). The lowest BCUT2D eigenvalue weighted by Gasteiger charge is -2.32. The zero-order valence-corrected chi connectivity index (χ0v) is 15.6. The first-order valence-corrected chi connectivity index (χ1v) is 8.08. The molecule has 0 saturated carbocycles. The third-order valence-corrected chi connectivity index (χ3v) is 4.25. The van der Waals surface area contributed by atoms with E-state index >= 15 is 0 Å². The number of hydrogen-bond donors (Lipinski definition) is 2. The molecule has 0 radical (unpaired) electrons. The van der Waals surface area contributed by atoms with E-state index in [1.54, 1.807) is 7.11 Å². The number of methoxy groups -OCH3 is 1. The number of nitrogens with two attached hydrogens (primary N) is 1. The fourth-order valence-corrected chi connectivity index (χ4v) is 3.13. The van der Waals surface area contributed by atoms with Crippen molar-refractivity contribution in [2.24, 2.45) is 5.73 Å². The van der Waals surface area contributed by atoms with E-state index in [2.05, 4.69) is 10.2 Å². The molecular formula is C16H25Cl2N3O3. The van der Waals surface area contributed by atoms with Crippen LogP contribution in [0.15, 0.2) is 12.1 Å². The molecule has 1 heterocycles. The van der Waals surface area contributed by atoms with Gasteiger partial charge in [0.15, 0.2) is 18.1 Å². The van der Waals surface area contributed by atoms with Crippen LogP contribution < -0.4 is 20.5 Å². The summed E-state index contributed by atoms with van der Waals surface area (Å²) in [6.45, 7) is 2.64. The van der Waals surface area contributed by atoms with Gasteiger partial charge in [-0.15, -0.1) is 12.4 Å². The number of ether oxygens (including phenoxy) is 2. The number of halogens is 2. The normalized spacial score (nSPS) is 17.9. The number of piperidine rings is 1. The molecule has 0 spiro atoms. The van der Waals surface area contributed by atoms with Crippen molar-refractivity contribution in [2.75, 3.05) is 33.9 Å². The standard InChI is InChI=1S/C16H24ClN3O3.ClH/c1-19-12-4-3-5-20(9-12)8-11-6-13(17)16(14(7-11)22-2)23-10-15(18)21;/h6-7,12,19H,3-5,8-10H2,1-2H3,(H2,18,21);1H. The zero-order chi connectivity index (χ0) is 16.8. The molecule has 1 aromatic rings. The van der Waals surface area contributed by atoms with Crippen LogP contribution in [0, 0.1) is 0 Å². The van der Waals surface area contributed by atoms with E-state index in [1.165, 1.54) is 12.8 Å². The van der Waals surface area contributed by atoms with E-state index in [-0.39, 0.29) is 19.0 Å². The van der Waals surface area contributed by atoms with E-state index in [4.69, 9.17) is 26.8 Å². The van der Waals surface area contributed by atoms with Gasteiger partial charge in [0.05, 0.1) is 12.1 Å². The second-order valence-corrected chi connectivity index (χ2v) is 6.13. The number of primary amides is 1. The minimum absolute atomic E-state index is 0. The fourth-order valence-electron chi connectivity index (χ4n) is 2.84. The lowest BCUT2D eigenvalue weighted by atomic mass is 10.0. The Hall–Kier alpha value is -1.21. The van der Waals surface area contributed by atoms with Gasteiger partial charge in [-0.3, -0.25) is 9.69 Å². The van der Waals surface area contributed by atoms with E-state index < -0.39 is 5.91 Å². The predicted molar refractivity (Wildman–Crippen MR) is 97.3 cm³/mol. The topological polar surface area (TPSA) is 76.8 Å². The predicted octanol–water partition coefficient (Wildman–Crippen LogP) is 1.82. The molecular weight excluding hydrogens is 353 g/mol. The highest BCUT2D eigenvalue weighted by Crippen LogP contribution is 2.36. The molecule has 1 amide bonds. The molecule has 1 saturated heterocycles. The lowest BCUT2D eigenvalue weighted by molar-refractivity contribution is -0.119. The smallest absolute Gasteiger partial charge is 0.255 e. The van der Waals surface area contributed by atoms with E-state index in [0.29, 0.717) is 22.6 Å². The van der Waals surface area contributed by atoms with Crippen LogP contribution in [-0.2, 0) is 11.3 Å². The first kappa shape index (κ1) is 20.8. The van der Waals surface area contributed by atoms with E-state index in [1.807, 2.05) is 19.2 Å². The van der Waals surface area contributed by atoms with Crippen molar-refractivity contribution in [3.63, 3.8) is 0 Å². The van der Waals surface area contributed by atoms with Gasteiger partial charge in [-0.25, -0.2) is 0 Å². The van der Waals surface area contributed by atoms with Gasteiger partial charge in [0.1, 0.15) is 0 Å². The Morgan fingerprint density at radius 1 is 1.50 bits per heavy atom. The second-order valence-electron chi connectivity index (χ2n) is 5.73. The molecule has 1 aliphatic rings. The molecule has 6 nitrogen and oxygen atoms in total. The summed E-state index contributed by atoms with van der Waals surface area (Å²) in [4.78, 5) is 13.3. The number of nitrogens with one attached hydrogen (secondary N) is 1. The van der Waals surface area contributed by atoms with Crippen molar-refractivity contribution in [3.8, 4) is 11.5 Å². The van der Waals surface area contributed by atoms with E-state index in [0.717, 1.165) is 25.2 Å². The highest BCUT2D eigenvalue weighted by Gasteiger charge is 2.20. The number of likely N-dealkylation sites (N-methyl/N-ethyl adjacent to an activating group) is 1. The minimum atomic E-state index is -0.557. The number of hydrogen-bond acceptors (Lipinski definition) is 5. The highest BCUT2D eigenvalue weighted by atomic mass is 35.5. The molecule has 136 valence electrons. The van der Waals surface area contributed by atoms with Crippen molar-refractivity contribution < 1.29 is 14.3 Å². The van der Waals surface area contributed by atoms with Gasteiger partial charge < -0.3 is 20.5 Å². The molecule has 1 aliphatic heterocycles. The maximum absolute atomic E-state index is 10.9. The maximum Gasteiger partial charge on any atom is 0.255 e. The van der Waals surface area contributed by atoms with Crippen LogP contribution in [0.3, 0.4) is 0 Å². The van der Waals surface area contributed by atoms with Crippen LogP contribution in [0.2, 0.25) is 5.02 Å². The number of amides is 1. The summed E-state index contributed by atoms with van der Waals surface area (Å²) in [6, 6.07) is 4.27. The molecule has 1 aromatic carbocycles. The Bertz CT molecular complexity index is 558. The number of rotatable bonds is 7. The van der Waals surface area contributed by atoms with Crippen molar-refractivity contribution in [3.05, 3.63) is 22.7 Å². The van der Waals surface area contributed by atoms with Crippen LogP contribution in [0.1, 0.15) is 18.4 Å². The molecule has 1 unspecified atom stereocenters. The molecule has 0 aliphatic carbocycles. The highest BCUT2D eigenvalue weighted by molar-refractivity contribution is 6.32. The Morgan fingerprint density at radius 2 is 2.25 bits per heavy atom. The fraction of sp³-hybridized carbons (Fsp3) is 0.562. The van der Waals surface area contributed by atoms with Gasteiger partial charge in [0, 0.05) is 19.1 Å². The Morgan fingerprint density at radius 3 is 2.88 bits per heavy atom. The first-order chi connectivity index (χ1) is 11.0. The van der Waals surface area contributed by atoms with Crippen molar-refractivity contribution in [1.82, 2.24) is 10.2 Å². The third-order valence-electron chi connectivity index (χ3n) is 3.97. The quantitative estimate of drug-likeness (QED) is 0.757. The van der Waals surface area contributed by atoms with Gasteiger partial charge >= 0.3 is 0 Å². The number of carbonyl (C=O) groups is 1. The van der Waals surface area contributed by atoms with Crippen molar-refractivity contribution >= 4 is 29.9 Å².